The lowest BCUT2D eigenvalue weighted by atomic mass is 10.1. The molecule has 112 valence electrons. The fourth-order valence-electron chi connectivity index (χ4n) is 2.12. The van der Waals surface area contributed by atoms with Gasteiger partial charge in [0.25, 0.3) is 0 Å². The Morgan fingerprint density at radius 3 is 2.76 bits per heavy atom. The van der Waals surface area contributed by atoms with Gasteiger partial charge in [-0.3, -0.25) is 9.48 Å². The lowest BCUT2D eigenvalue weighted by Crippen LogP contribution is -2.32. The summed E-state index contributed by atoms with van der Waals surface area (Å²) in [5, 5.41) is 10.3. The van der Waals surface area contributed by atoms with Crippen LogP contribution in [0, 0.1) is 13.8 Å². The van der Waals surface area contributed by atoms with Crippen molar-refractivity contribution in [2.45, 2.75) is 40.3 Å². The van der Waals surface area contributed by atoms with Crippen molar-refractivity contribution in [3.63, 3.8) is 0 Å². The van der Waals surface area contributed by atoms with Gasteiger partial charge in [0.15, 0.2) is 0 Å². The molecule has 0 aliphatic carbocycles. The van der Waals surface area contributed by atoms with Crippen molar-refractivity contribution in [1.29, 1.82) is 0 Å². The van der Waals surface area contributed by atoms with Crippen LogP contribution in [0.25, 0.3) is 0 Å². The van der Waals surface area contributed by atoms with Crippen LogP contribution in [0.3, 0.4) is 0 Å². The summed E-state index contributed by atoms with van der Waals surface area (Å²) in [6.45, 7) is 8.69. The topological polar surface area (TPSA) is 59.0 Å². The Bertz CT molecular complexity index is 633. The number of hydrogen-bond donors (Lipinski definition) is 2. The van der Waals surface area contributed by atoms with Crippen LogP contribution in [0.15, 0.2) is 30.6 Å². The van der Waals surface area contributed by atoms with Crippen LogP contribution in [-0.2, 0) is 11.3 Å². The standard InChI is InChI=1S/C16H22N4O/c1-5-20-10-14(9-17-20)18-13(4)16(21)19-15-7-6-11(2)8-12(15)3/h6-10,13,18H,5H2,1-4H3,(H,19,21)/t13-/m1/s1. The Kier molecular flexibility index (Phi) is 4.62. The fourth-order valence-corrected chi connectivity index (χ4v) is 2.12. The van der Waals surface area contributed by atoms with Gasteiger partial charge in [0, 0.05) is 18.4 Å². The minimum absolute atomic E-state index is 0.0637. The highest BCUT2D eigenvalue weighted by Crippen LogP contribution is 2.16. The molecule has 5 nitrogen and oxygen atoms in total. The largest absolute Gasteiger partial charge is 0.371 e. The third-order valence-corrected chi connectivity index (χ3v) is 3.37. The van der Waals surface area contributed by atoms with E-state index in [1.54, 1.807) is 6.20 Å². The molecule has 0 aliphatic heterocycles. The summed E-state index contributed by atoms with van der Waals surface area (Å²) < 4.78 is 1.82. The number of nitrogens with zero attached hydrogens (tertiary/aromatic N) is 2. The molecule has 2 N–H and O–H groups in total. The van der Waals surface area contributed by atoms with Gasteiger partial charge >= 0.3 is 0 Å². The van der Waals surface area contributed by atoms with E-state index in [2.05, 4.69) is 21.8 Å². The zero-order valence-electron chi connectivity index (χ0n) is 13.0. The van der Waals surface area contributed by atoms with E-state index in [1.165, 1.54) is 5.56 Å². The molecule has 0 radical (unpaired) electrons. The number of aryl methyl sites for hydroxylation is 3. The molecule has 21 heavy (non-hydrogen) atoms. The first-order valence-corrected chi connectivity index (χ1v) is 7.16. The second-order valence-corrected chi connectivity index (χ2v) is 5.26. The van der Waals surface area contributed by atoms with Gasteiger partial charge in [-0.25, -0.2) is 0 Å². The average Bonchev–Trinajstić information content (AvgIpc) is 2.89. The zero-order chi connectivity index (χ0) is 15.4. The van der Waals surface area contributed by atoms with Gasteiger partial charge in [0.05, 0.1) is 11.9 Å². The maximum absolute atomic E-state index is 12.2. The number of carbonyl (C=O) groups is 1. The van der Waals surface area contributed by atoms with Gasteiger partial charge in [-0.15, -0.1) is 0 Å². The van der Waals surface area contributed by atoms with Crippen LogP contribution >= 0.6 is 0 Å². The summed E-state index contributed by atoms with van der Waals surface area (Å²) in [7, 11) is 0. The van der Waals surface area contributed by atoms with E-state index in [0.717, 1.165) is 23.5 Å². The third-order valence-electron chi connectivity index (χ3n) is 3.37. The van der Waals surface area contributed by atoms with Crippen molar-refractivity contribution in [3.8, 4) is 0 Å². The Labute approximate surface area is 125 Å². The SMILES string of the molecule is CCn1cc(N[C@H](C)C(=O)Nc2ccc(C)cc2C)cn1. The van der Waals surface area contributed by atoms with Gasteiger partial charge in [-0.05, 0) is 39.3 Å². The van der Waals surface area contributed by atoms with Crippen molar-refractivity contribution in [2.24, 2.45) is 0 Å². The maximum atomic E-state index is 12.2. The molecule has 5 heteroatoms. The van der Waals surface area contributed by atoms with Crippen LogP contribution < -0.4 is 10.6 Å². The molecular weight excluding hydrogens is 264 g/mol. The fraction of sp³-hybridized carbons (Fsp3) is 0.375. The predicted molar refractivity (Wildman–Crippen MR) is 85.5 cm³/mol. The summed E-state index contributed by atoms with van der Waals surface area (Å²) in [6, 6.07) is 5.65. The molecular formula is C16H22N4O. The zero-order valence-corrected chi connectivity index (χ0v) is 13.0. The number of amides is 1. The number of aromatic nitrogens is 2. The minimum Gasteiger partial charge on any atom is -0.371 e. The van der Waals surface area contributed by atoms with E-state index >= 15 is 0 Å². The van der Waals surface area contributed by atoms with E-state index in [1.807, 2.05) is 50.7 Å². The number of hydrogen-bond acceptors (Lipinski definition) is 3. The smallest absolute Gasteiger partial charge is 0.246 e. The van der Waals surface area contributed by atoms with Crippen LogP contribution in [0.1, 0.15) is 25.0 Å². The van der Waals surface area contributed by atoms with E-state index in [9.17, 15) is 4.79 Å². The van der Waals surface area contributed by atoms with E-state index < -0.39 is 0 Å². The maximum Gasteiger partial charge on any atom is 0.246 e. The molecule has 0 spiro atoms. The molecule has 0 aliphatic rings. The van der Waals surface area contributed by atoms with Crippen molar-refractivity contribution in [3.05, 3.63) is 41.7 Å². The molecule has 0 saturated carbocycles. The minimum atomic E-state index is -0.333. The Hall–Kier alpha value is -2.30. The van der Waals surface area contributed by atoms with Gasteiger partial charge in [0.1, 0.15) is 6.04 Å². The lowest BCUT2D eigenvalue weighted by molar-refractivity contribution is -0.116. The monoisotopic (exact) mass is 286 g/mol. The average molecular weight is 286 g/mol. The van der Waals surface area contributed by atoms with E-state index in [-0.39, 0.29) is 11.9 Å². The molecule has 2 aromatic rings. The normalized spacial score (nSPS) is 12.0. The Morgan fingerprint density at radius 1 is 1.38 bits per heavy atom. The quantitative estimate of drug-likeness (QED) is 0.888. The molecule has 0 unspecified atom stereocenters. The number of carbonyl (C=O) groups excluding carboxylic acids is 1. The molecule has 1 amide bonds. The van der Waals surface area contributed by atoms with E-state index in [0.29, 0.717) is 0 Å². The van der Waals surface area contributed by atoms with Gasteiger partial charge < -0.3 is 10.6 Å². The van der Waals surface area contributed by atoms with Gasteiger partial charge in [-0.2, -0.15) is 5.10 Å². The molecule has 0 bridgehead atoms. The number of rotatable bonds is 5. The van der Waals surface area contributed by atoms with Crippen molar-refractivity contribution >= 4 is 17.3 Å². The molecule has 0 saturated heterocycles. The highest BCUT2D eigenvalue weighted by Gasteiger charge is 2.14. The molecule has 1 atom stereocenters. The van der Waals surface area contributed by atoms with Gasteiger partial charge in [-0.1, -0.05) is 17.7 Å². The lowest BCUT2D eigenvalue weighted by Gasteiger charge is -2.15. The van der Waals surface area contributed by atoms with Crippen LogP contribution in [0.4, 0.5) is 11.4 Å². The molecule has 2 rings (SSSR count). The number of anilines is 2. The van der Waals surface area contributed by atoms with Crippen molar-refractivity contribution < 1.29 is 4.79 Å². The van der Waals surface area contributed by atoms with E-state index in [4.69, 9.17) is 0 Å². The second kappa shape index (κ2) is 6.43. The second-order valence-electron chi connectivity index (χ2n) is 5.26. The molecule has 1 aromatic carbocycles. The molecule has 1 heterocycles. The summed E-state index contributed by atoms with van der Waals surface area (Å²) in [5.41, 5.74) is 3.95. The Morgan fingerprint density at radius 2 is 2.14 bits per heavy atom. The predicted octanol–water partition coefficient (Wildman–Crippen LogP) is 2.96. The summed E-state index contributed by atoms with van der Waals surface area (Å²) in [5.74, 6) is -0.0637. The first kappa shape index (κ1) is 15.1. The number of benzene rings is 1. The third kappa shape index (κ3) is 3.84. The van der Waals surface area contributed by atoms with Crippen LogP contribution in [-0.4, -0.2) is 21.7 Å². The summed E-state index contributed by atoms with van der Waals surface area (Å²) >= 11 is 0. The first-order valence-electron chi connectivity index (χ1n) is 7.16. The highest BCUT2D eigenvalue weighted by molar-refractivity contribution is 5.96. The van der Waals surface area contributed by atoms with Gasteiger partial charge in [0.2, 0.25) is 5.91 Å². The van der Waals surface area contributed by atoms with Crippen molar-refractivity contribution in [2.75, 3.05) is 10.6 Å². The first-order chi connectivity index (χ1) is 9.99. The highest BCUT2D eigenvalue weighted by atomic mass is 16.2. The summed E-state index contributed by atoms with van der Waals surface area (Å²) in [6.07, 6.45) is 3.62. The van der Waals surface area contributed by atoms with Crippen LogP contribution in [0.5, 0.6) is 0 Å². The van der Waals surface area contributed by atoms with Crippen molar-refractivity contribution in [1.82, 2.24) is 9.78 Å². The molecule has 0 fully saturated rings. The van der Waals surface area contributed by atoms with Crippen LogP contribution in [0.2, 0.25) is 0 Å². The Balaban J connectivity index is 1.99. The summed E-state index contributed by atoms with van der Waals surface area (Å²) in [4.78, 5) is 12.2. The molecule has 1 aromatic heterocycles. The number of nitrogens with one attached hydrogen (secondary N) is 2.